The number of carbonyl (C=O) groups excluding carboxylic acids is 1. The Morgan fingerprint density at radius 1 is 1.12 bits per heavy atom. The number of piperidine rings is 1. The van der Waals surface area contributed by atoms with Crippen molar-refractivity contribution in [2.45, 2.75) is 31.9 Å². The Morgan fingerprint density at radius 3 is 2.50 bits per heavy atom. The van der Waals surface area contributed by atoms with Crippen molar-refractivity contribution in [1.29, 1.82) is 0 Å². The van der Waals surface area contributed by atoms with Crippen molar-refractivity contribution in [1.82, 2.24) is 14.7 Å². The van der Waals surface area contributed by atoms with Crippen LogP contribution in [0.25, 0.3) is 0 Å². The van der Waals surface area contributed by atoms with Gasteiger partial charge in [-0.05, 0) is 25.5 Å². The van der Waals surface area contributed by atoms with Gasteiger partial charge < -0.3 is 14.9 Å². The van der Waals surface area contributed by atoms with E-state index in [1.54, 1.807) is 0 Å². The number of halogens is 2. The van der Waals surface area contributed by atoms with Gasteiger partial charge in [0.2, 0.25) is 0 Å². The minimum absolute atomic E-state index is 0.0195. The summed E-state index contributed by atoms with van der Waals surface area (Å²) in [6.45, 7) is 7.35. The number of hydrogen-bond acceptors (Lipinski definition) is 4. The molecule has 144 valence electrons. The normalized spacial score (nSPS) is 25.7. The van der Waals surface area contributed by atoms with Crippen LogP contribution in [0.4, 0.5) is 8.78 Å². The number of β-amino-alcohol motifs (C(OH)–C–C–N with tert-alkyl or cyclic N) is 1. The second-order valence-corrected chi connectivity index (χ2v) is 7.29. The molecule has 0 bridgehead atoms. The Hall–Kier alpha value is -1.57. The van der Waals surface area contributed by atoms with Crippen molar-refractivity contribution < 1.29 is 18.7 Å². The largest absolute Gasteiger partial charge is 0.379 e. The third kappa shape index (κ3) is 4.05. The van der Waals surface area contributed by atoms with Crippen LogP contribution in [0.5, 0.6) is 0 Å². The maximum Gasteiger partial charge on any atom is 0.256 e. The predicted molar refractivity (Wildman–Crippen MR) is 94.5 cm³/mol. The zero-order valence-corrected chi connectivity index (χ0v) is 15.3. The van der Waals surface area contributed by atoms with Crippen molar-refractivity contribution in [3.05, 3.63) is 35.4 Å². The predicted octanol–water partition coefficient (Wildman–Crippen LogP) is 1.46. The molecule has 1 atom stereocenters. The molecule has 26 heavy (non-hydrogen) atoms. The maximum atomic E-state index is 13.9. The number of benzene rings is 1. The van der Waals surface area contributed by atoms with Gasteiger partial charge in [-0.1, -0.05) is 19.1 Å². The summed E-state index contributed by atoms with van der Waals surface area (Å²) < 4.78 is 27.3. The smallest absolute Gasteiger partial charge is 0.256 e. The van der Waals surface area contributed by atoms with Gasteiger partial charge in [-0.25, -0.2) is 8.78 Å². The number of rotatable bonds is 5. The third-order valence-corrected chi connectivity index (χ3v) is 5.49. The second-order valence-electron chi connectivity index (χ2n) is 7.29. The fraction of sp³-hybridized carbons (Fsp3) is 0.632. The molecule has 1 N–H and O–H groups in total. The highest BCUT2D eigenvalue weighted by Crippen LogP contribution is 2.26. The number of likely N-dealkylation sites (tertiary alicyclic amines) is 1. The minimum Gasteiger partial charge on any atom is -0.379 e. The minimum atomic E-state index is -1.45. The number of likely N-dealkylation sites (N-methyl/N-ethyl adjacent to an activating group) is 1. The molecule has 1 aromatic rings. The van der Waals surface area contributed by atoms with E-state index in [-0.39, 0.29) is 18.0 Å². The van der Waals surface area contributed by atoms with Crippen LogP contribution >= 0.6 is 0 Å². The van der Waals surface area contributed by atoms with Crippen LogP contribution in [0, 0.1) is 11.6 Å². The molecule has 0 radical (unpaired) electrons. The summed E-state index contributed by atoms with van der Waals surface area (Å²) in [5, 5.41) is 11.0. The number of nitrogens with zero attached hydrogens (tertiary/aromatic N) is 3. The molecule has 2 fully saturated rings. The van der Waals surface area contributed by atoms with Crippen LogP contribution in [0.2, 0.25) is 0 Å². The van der Waals surface area contributed by atoms with Crippen molar-refractivity contribution >= 4 is 5.91 Å². The third-order valence-electron chi connectivity index (χ3n) is 5.49. The molecule has 7 heteroatoms. The van der Waals surface area contributed by atoms with Crippen LogP contribution in [0.1, 0.15) is 25.3 Å². The summed E-state index contributed by atoms with van der Waals surface area (Å²) >= 11 is 0. The monoisotopic (exact) mass is 367 g/mol. The lowest BCUT2D eigenvalue weighted by Gasteiger charge is -2.43. The summed E-state index contributed by atoms with van der Waals surface area (Å²) in [7, 11) is 0. The number of piperazine rings is 1. The van der Waals surface area contributed by atoms with E-state index < -0.39 is 17.2 Å². The molecule has 0 aromatic heterocycles. The van der Waals surface area contributed by atoms with Gasteiger partial charge in [0.15, 0.2) is 17.2 Å². The first kappa shape index (κ1) is 19.2. The van der Waals surface area contributed by atoms with Gasteiger partial charge in [-0.15, -0.1) is 0 Å². The molecule has 3 rings (SSSR count). The Labute approximate surface area is 153 Å². The number of amides is 1. The van der Waals surface area contributed by atoms with Crippen molar-refractivity contribution in [3.8, 4) is 0 Å². The summed E-state index contributed by atoms with van der Waals surface area (Å²) in [5.41, 5.74) is -1.31. The van der Waals surface area contributed by atoms with Crippen molar-refractivity contribution in [3.63, 3.8) is 0 Å². The molecule has 2 saturated heterocycles. The molecule has 0 saturated carbocycles. The fourth-order valence-corrected chi connectivity index (χ4v) is 3.87. The topological polar surface area (TPSA) is 47.0 Å². The van der Waals surface area contributed by atoms with Crippen LogP contribution in [0.3, 0.4) is 0 Å². The van der Waals surface area contributed by atoms with E-state index in [0.29, 0.717) is 25.9 Å². The molecule has 0 spiro atoms. The van der Waals surface area contributed by atoms with E-state index in [9.17, 15) is 18.7 Å². The molecule has 2 aliphatic rings. The van der Waals surface area contributed by atoms with E-state index in [1.165, 1.54) is 17.0 Å². The number of aliphatic hydroxyl groups is 1. The molecule has 1 aromatic carbocycles. The standard InChI is InChI=1S/C19H27F2N3O2/c1-2-22-9-11-23(12-10-22)14-19(26)7-4-8-24(18(19)25)13-15-5-3-6-16(20)17(15)21/h3,5-6,26H,2,4,7-14H2,1H3/t19-/m1/s1. The van der Waals surface area contributed by atoms with E-state index in [1.807, 2.05) is 0 Å². The molecular weight excluding hydrogens is 340 g/mol. The zero-order valence-electron chi connectivity index (χ0n) is 15.3. The molecule has 0 aliphatic carbocycles. The van der Waals surface area contributed by atoms with Crippen LogP contribution in [0.15, 0.2) is 18.2 Å². The Morgan fingerprint density at radius 2 is 1.81 bits per heavy atom. The van der Waals surface area contributed by atoms with Gasteiger partial charge in [0.1, 0.15) is 0 Å². The molecule has 1 amide bonds. The van der Waals surface area contributed by atoms with Crippen LogP contribution in [-0.2, 0) is 11.3 Å². The molecule has 2 aliphatic heterocycles. The zero-order chi connectivity index (χ0) is 18.7. The Kier molecular flexibility index (Phi) is 5.89. The van der Waals surface area contributed by atoms with Gasteiger partial charge in [0.05, 0.1) is 0 Å². The number of carbonyl (C=O) groups is 1. The summed E-state index contributed by atoms with van der Waals surface area (Å²) in [6.07, 6.45) is 1.05. The lowest BCUT2D eigenvalue weighted by Crippen LogP contribution is -2.60. The average Bonchev–Trinajstić information content (AvgIpc) is 2.63. The number of hydrogen-bond donors (Lipinski definition) is 1. The fourth-order valence-electron chi connectivity index (χ4n) is 3.87. The van der Waals surface area contributed by atoms with Gasteiger partial charge >= 0.3 is 0 Å². The quantitative estimate of drug-likeness (QED) is 0.856. The van der Waals surface area contributed by atoms with E-state index in [2.05, 4.69) is 16.7 Å². The average molecular weight is 367 g/mol. The summed E-state index contributed by atoms with van der Waals surface area (Å²) in [5.74, 6) is -2.23. The first-order chi connectivity index (χ1) is 12.4. The van der Waals surface area contributed by atoms with Gasteiger partial charge in [-0.3, -0.25) is 9.69 Å². The maximum absolute atomic E-state index is 13.9. The summed E-state index contributed by atoms with van der Waals surface area (Å²) in [4.78, 5) is 18.8. The molecule has 5 nitrogen and oxygen atoms in total. The highest BCUT2D eigenvalue weighted by Gasteiger charge is 2.43. The highest BCUT2D eigenvalue weighted by atomic mass is 19.2. The lowest BCUT2D eigenvalue weighted by molar-refractivity contribution is -0.160. The van der Waals surface area contributed by atoms with Crippen molar-refractivity contribution in [2.75, 3.05) is 45.8 Å². The van der Waals surface area contributed by atoms with Crippen LogP contribution in [-0.4, -0.2) is 77.1 Å². The van der Waals surface area contributed by atoms with E-state index in [0.717, 1.165) is 38.8 Å². The van der Waals surface area contributed by atoms with Crippen molar-refractivity contribution in [2.24, 2.45) is 0 Å². The summed E-state index contributed by atoms with van der Waals surface area (Å²) in [6, 6.07) is 3.97. The van der Waals surface area contributed by atoms with E-state index >= 15 is 0 Å². The lowest BCUT2D eigenvalue weighted by atomic mass is 9.90. The van der Waals surface area contributed by atoms with E-state index in [4.69, 9.17) is 0 Å². The molecule has 2 heterocycles. The van der Waals surface area contributed by atoms with Gasteiger partial charge in [-0.2, -0.15) is 0 Å². The molecular formula is C19H27F2N3O2. The Balaban J connectivity index is 1.65. The Bertz CT molecular complexity index is 650. The van der Waals surface area contributed by atoms with Crippen LogP contribution < -0.4 is 0 Å². The van der Waals surface area contributed by atoms with Gasteiger partial charge in [0.25, 0.3) is 5.91 Å². The second kappa shape index (κ2) is 7.98. The highest BCUT2D eigenvalue weighted by molar-refractivity contribution is 5.86. The van der Waals surface area contributed by atoms with Gasteiger partial charge in [0, 0.05) is 51.4 Å². The first-order valence-corrected chi connectivity index (χ1v) is 9.32. The SMILES string of the molecule is CCN1CCN(C[C@]2(O)CCCN(Cc3cccc(F)c3F)C2=O)CC1. The molecule has 0 unspecified atom stereocenters. The first-order valence-electron chi connectivity index (χ1n) is 9.32.